The number of amides is 1. The van der Waals surface area contributed by atoms with Crippen LogP contribution in [0.25, 0.3) is 11.2 Å². The molecule has 1 saturated heterocycles. The second-order valence-corrected chi connectivity index (χ2v) is 6.97. The van der Waals surface area contributed by atoms with E-state index in [0.29, 0.717) is 36.5 Å². The van der Waals surface area contributed by atoms with Crippen LogP contribution < -0.4 is 5.56 Å². The van der Waals surface area contributed by atoms with Crippen molar-refractivity contribution in [2.24, 2.45) is 0 Å². The zero-order chi connectivity index (χ0) is 19.7. The summed E-state index contributed by atoms with van der Waals surface area (Å²) in [5.41, 5.74) is 0.573. The predicted molar refractivity (Wildman–Crippen MR) is 100 cm³/mol. The summed E-state index contributed by atoms with van der Waals surface area (Å²) in [6, 6.07) is 6.41. The molecule has 1 aliphatic rings. The third-order valence-corrected chi connectivity index (χ3v) is 5.21. The molecule has 3 aromatic rings. The van der Waals surface area contributed by atoms with Crippen molar-refractivity contribution in [2.75, 3.05) is 13.1 Å². The summed E-state index contributed by atoms with van der Waals surface area (Å²) in [6.07, 6.45) is 1.96. The van der Waals surface area contributed by atoms with E-state index in [4.69, 9.17) is 0 Å². The molecule has 0 spiro atoms. The van der Waals surface area contributed by atoms with Gasteiger partial charge in [-0.25, -0.2) is 14.1 Å². The number of likely N-dealkylation sites (tertiary alicyclic amines) is 1. The molecule has 0 unspecified atom stereocenters. The van der Waals surface area contributed by atoms with Gasteiger partial charge in [0.05, 0.1) is 6.54 Å². The van der Waals surface area contributed by atoms with Gasteiger partial charge in [-0.3, -0.25) is 9.59 Å². The molecule has 2 aromatic heterocycles. The highest BCUT2D eigenvalue weighted by atomic mass is 19.1. The average Bonchev–Trinajstić information content (AvgIpc) is 3.12. The number of hydrogen-bond donors (Lipinski definition) is 1. The lowest BCUT2D eigenvalue weighted by atomic mass is 9.95. The van der Waals surface area contributed by atoms with Crippen molar-refractivity contribution in [3.63, 3.8) is 0 Å². The molecule has 0 bridgehead atoms. The average molecular weight is 384 g/mol. The van der Waals surface area contributed by atoms with Crippen LogP contribution in [0.3, 0.4) is 0 Å². The Morgan fingerprint density at radius 2 is 2.04 bits per heavy atom. The number of hydrogen-bond acceptors (Lipinski definition) is 5. The summed E-state index contributed by atoms with van der Waals surface area (Å²) in [7, 11) is 0. The molecule has 3 heterocycles. The number of carbonyl (C=O) groups is 1. The molecule has 28 heavy (non-hydrogen) atoms. The molecule has 8 nitrogen and oxygen atoms in total. The maximum Gasteiger partial charge on any atom is 0.281 e. The maximum absolute atomic E-state index is 14.0. The van der Waals surface area contributed by atoms with Crippen LogP contribution in [0.1, 0.15) is 43.5 Å². The standard InChI is InChI=1S/C19H21FN6O2/c1-2-15(27)25-9-7-12(8-10-25)17-21-18-16(19(28)22-17)23-24-26(18)11-13-5-3-4-6-14(13)20/h3-6,12H,2,7-11H2,1H3,(H,21,22,28). The van der Waals surface area contributed by atoms with Crippen LogP contribution in [0.2, 0.25) is 0 Å². The van der Waals surface area contributed by atoms with Crippen LogP contribution in [-0.2, 0) is 11.3 Å². The van der Waals surface area contributed by atoms with Crippen molar-refractivity contribution in [1.29, 1.82) is 0 Å². The maximum atomic E-state index is 14.0. The fraction of sp³-hybridized carbons (Fsp3) is 0.421. The van der Waals surface area contributed by atoms with Crippen molar-refractivity contribution in [3.8, 4) is 0 Å². The molecular weight excluding hydrogens is 363 g/mol. The van der Waals surface area contributed by atoms with Gasteiger partial charge in [0.2, 0.25) is 5.91 Å². The molecule has 0 radical (unpaired) electrons. The predicted octanol–water partition coefficient (Wildman–Crippen LogP) is 1.82. The first-order valence-corrected chi connectivity index (χ1v) is 9.41. The van der Waals surface area contributed by atoms with Gasteiger partial charge in [0.15, 0.2) is 11.2 Å². The first kappa shape index (κ1) is 18.3. The monoisotopic (exact) mass is 384 g/mol. The van der Waals surface area contributed by atoms with Gasteiger partial charge in [-0.2, -0.15) is 0 Å². The third-order valence-electron chi connectivity index (χ3n) is 5.21. The number of nitrogens with zero attached hydrogens (tertiary/aromatic N) is 5. The van der Waals surface area contributed by atoms with Gasteiger partial charge in [-0.15, -0.1) is 5.10 Å². The number of aromatic amines is 1. The second-order valence-electron chi connectivity index (χ2n) is 6.97. The van der Waals surface area contributed by atoms with E-state index in [2.05, 4.69) is 20.3 Å². The van der Waals surface area contributed by atoms with Crippen LogP contribution in [-0.4, -0.2) is 48.9 Å². The van der Waals surface area contributed by atoms with Gasteiger partial charge in [-0.1, -0.05) is 30.3 Å². The highest BCUT2D eigenvalue weighted by Crippen LogP contribution is 2.26. The Morgan fingerprint density at radius 1 is 1.29 bits per heavy atom. The van der Waals surface area contributed by atoms with Gasteiger partial charge < -0.3 is 9.88 Å². The van der Waals surface area contributed by atoms with Crippen LogP contribution in [0.5, 0.6) is 0 Å². The Bertz CT molecular complexity index is 1070. The largest absolute Gasteiger partial charge is 0.343 e. The number of H-pyrrole nitrogens is 1. The number of benzene rings is 1. The Balaban J connectivity index is 1.62. The molecule has 4 rings (SSSR count). The lowest BCUT2D eigenvalue weighted by Gasteiger charge is -2.31. The number of aromatic nitrogens is 5. The highest BCUT2D eigenvalue weighted by molar-refractivity contribution is 5.75. The third kappa shape index (κ3) is 3.39. The minimum Gasteiger partial charge on any atom is -0.343 e. The van der Waals surface area contributed by atoms with E-state index in [1.54, 1.807) is 18.2 Å². The molecular formula is C19H21FN6O2. The number of nitrogens with one attached hydrogen (secondary N) is 1. The van der Waals surface area contributed by atoms with Gasteiger partial charge in [0, 0.05) is 31.0 Å². The Labute approximate surface area is 160 Å². The normalized spacial score (nSPS) is 15.3. The molecule has 1 N–H and O–H groups in total. The first-order valence-electron chi connectivity index (χ1n) is 9.41. The summed E-state index contributed by atoms with van der Waals surface area (Å²) < 4.78 is 15.4. The van der Waals surface area contributed by atoms with E-state index in [9.17, 15) is 14.0 Å². The van der Waals surface area contributed by atoms with E-state index in [-0.39, 0.29) is 35.3 Å². The van der Waals surface area contributed by atoms with Crippen LogP contribution in [0.4, 0.5) is 4.39 Å². The van der Waals surface area contributed by atoms with Crippen LogP contribution in [0, 0.1) is 5.82 Å². The summed E-state index contributed by atoms with van der Waals surface area (Å²) in [5, 5.41) is 7.90. The molecule has 1 aromatic carbocycles. The summed E-state index contributed by atoms with van der Waals surface area (Å²) in [4.78, 5) is 33.5. The summed E-state index contributed by atoms with van der Waals surface area (Å²) in [6.45, 7) is 3.28. The van der Waals surface area contributed by atoms with E-state index in [1.807, 2.05) is 11.8 Å². The molecule has 9 heteroatoms. The molecule has 0 saturated carbocycles. The van der Waals surface area contributed by atoms with Crippen molar-refractivity contribution < 1.29 is 9.18 Å². The summed E-state index contributed by atoms with van der Waals surface area (Å²) >= 11 is 0. The lowest BCUT2D eigenvalue weighted by molar-refractivity contribution is -0.131. The van der Waals surface area contributed by atoms with Gasteiger partial charge >= 0.3 is 0 Å². The fourth-order valence-corrected chi connectivity index (χ4v) is 3.60. The zero-order valence-corrected chi connectivity index (χ0v) is 15.6. The van der Waals surface area contributed by atoms with E-state index >= 15 is 0 Å². The Kier molecular flexibility index (Phi) is 4.89. The molecule has 1 aliphatic heterocycles. The van der Waals surface area contributed by atoms with E-state index in [0.717, 1.165) is 12.8 Å². The summed E-state index contributed by atoms with van der Waals surface area (Å²) in [5.74, 6) is 0.416. The molecule has 1 amide bonds. The number of rotatable bonds is 4. The lowest BCUT2D eigenvalue weighted by Crippen LogP contribution is -2.38. The van der Waals surface area contributed by atoms with Gasteiger partial charge in [0.1, 0.15) is 11.6 Å². The van der Waals surface area contributed by atoms with Gasteiger partial charge in [-0.05, 0) is 18.9 Å². The minimum atomic E-state index is -0.355. The van der Waals surface area contributed by atoms with Crippen LogP contribution in [0.15, 0.2) is 29.1 Å². The fourth-order valence-electron chi connectivity index (χ4n) is 3.60. The van der Waals surface area contributed by atoms with Gasteiger partial charge in [0.25, 0.3) is 5.56 Å². The first-order chi connectivity index (χ1) is 13.6. The SMILES string of the molecule is CCC(=O)N1CCC(c2nc3c(nnn3Cc3ccccc3F)c(=O)[nH]2)CC1. The number of piperidine rings is 1. The number of fused-ring (bicyclic) bond motifs is 1. The van der Waals surface area contributed by atoms with Crippen molar-refractivity contribution in [2.45, 2.75) is 38.6 Å². The molecule has 146 valence electrons. The smallest absolute Gasteiger partial charge is 0.281 e. The number of carbonyl (C=O) groups excluding carboxylic acids is 1. The quantitative estimate of drug-likeness (QED) is 0.740. The molecule has 0 atom stereocenters. The Hall–Kier alpha value is -3.10. The minimum absolute atomic E-state index is 0.0508. The molecule has 1 fully saturated rings. The van der Waals surface area contributed by atoms with E-state index in [1.165, 1.54) is 10.7 Å². The zero-order valence-electron chi connectivity index (χ0n) is 15.6. The van der Waals surface area contributed by atoms with Crippen LogP contribution >= 0.6 is 0 Å². The second kappa shape index (κ2) is 7.49. The van der Waals surface area contributed by atoms with Crippen molar-refractivity contribution >= 4 is 17.1 Å². The topological polar surface area (TPSA) is 96.8 Å². The Morgan fingerprint density at radius 3 is 2.75 bits per heavy atom. The van der Waals surface area contributed by atoms with Crippen molar-refractivity contribution in [1.82, 2.24) is 29.9 Å². The molecule has 0 aliphatic carbocycles. The number of halogens is 1. The van der Waals surface area contributed by atoms with Crippen molar-refractivity contribution in [3.05, 3.63) is 51.8 Å². The van der Waals surface area contributed by atoms with E-state index < -0.39 is 0 Å². The highest BCUT2D eigenvalue weighted by Gasteiger charge is 2.25.